The van der Waals surface area contributed by atoms with E-state index in [1.54, 1.807) is 0 Å². The average molecular weight is 186 g/mol. The predicted molar refractivity (Wildman–Crippen MR) is 22.8 cm³/mol. The molecule has 0 bridgehead atoms. The first-order chi connectivity index (χ1) is 1.00. The Balaban J connectivity index is -0.000000000500. The number of rotatable bonds is 0. The maximum absolute atomic E-state index is 4.33. The summed E-state index contributed by atoms with van der Waals surface area (Å²) in [6, 6.07) is 0. The minimum atomic E-state index is 0. The van der Waals surface area contributed by atoms with Crippen molar-refractivity contribution < 1.29 is 41.4 Å². The molecule has 0 aliphatic heterocycles. The van der Waals surface area contributed by atoms with E-state index in [0.29, 0.717) is 0 Å². The van der Waals surface area contributed by atoms with Crippen molar-refractivity contribution in [1.82, 2.24) is 0 Å². The van der Waals surface area contributed by atoms with E-state index in [-0.39, 0.29) is 26.6 Å². The fourth-order valence-corrected chi connectivity index (χ4v) is 0. The van der Waals surface area contributed by atoms with Crippen LogP contribution in [0.5, 0.6) is 0 Å². The Morgan fingerprint density at radius 1 is 0.714 bits per heavy atom. The normalized spacial score (nSPS) is 1.00. The fourth-order valence-electron chi connectivity index (χ4n) is 0. The Morgan fingerprint density at radius 3 is 0.714 bits per heavy atom. The second kappa shape index (κ2) is 634. The van der Waals surface area contributed by atoms with Crippen molar-refractivity contribution in [2.75, 3.05) is 0 Å². The van der Waals surface area contributed by atoms with E-state index >= 15 is 0 Å². The number of hydrogen-bond acceptors (Lipinski definition) is 0. The predicted octanol–water partition coefficient (Wildman–Crippen LogP) is -2.46. The second-order valence-corrected chi connectivity index (χ2v) is 0. The topological polar surface area (TPSA) is 126 Å². The zero-order valence-electron chi connectivity index (χ0n) is 3.12. The number of hydrogen-bond donors (Lipinski definition) is 0. The first-order valence-corrected chi connectivity index (χ1v) is 1.56. The monoisotopic (exact) mass is 186 g/mol. The van der Waals surface area contributed by atoms with Gasteiger partial charge in [-0.2, -0.15) is 0 Å². The van der Waals surface area contributed by atoms with Gasteiger partial charge in [0.1, 0.15) is 0 Å². The van der Waals surface area contributed by atoms with Gasteiger partial charge in [0.25, 0.3) is 0 Å². The van der Waals surface area contributed by atoms with Gasteiger partial charge in [-0.3, -0.25) is 4.70 Å². The third kappa shape index (κ3) is 427. The molecule has 0 saturated carbocycles. The van der Waals surface area contributed by atoms with E-state index in [1.165, 1.54) is 0 Å². The Bertz CT molecular complexity index is 11.7. The van der Waals surface area contributed by atoms with Crippen LogP contribution in [0, 0.1) is 0 Å². The Labute approximate surface area is 52.3 Å². The summed E-state index contributed by atoms with van der Waals surface area (Å²) in [7, 11) is 4.33. The standard InChI is InChI=1S/ClH.Co.FH.4H2O/h1H;;1H;4*1H2/q;+1;;;;;/p-1. The Morgan fingerprint density at radius 2 is 0.714 bits per heavy atom. The maximum atomic E-state index is 4.33. The van der Waals surface area contributed by atoms with E-state index in [4.69, 9.17) is 0 Å². The van der Waals surface area contributed by atoms with Gasteiger partial charge in [-0.25, -0.2) is 0 Å². The van der Waals surface area contributed by atoms with Crippen molar-refractivity contribution in [3.8, 4) is 0 Å². The van der Waals surface area contributed by atoms with Gasteiger partial charge in [0.05, 0.1) is 0 Å². The first kappa shape index (κ1) is 133. The summed E-state index contributed by atoms with van der Waals surface area (Å²) in [4.78, 5) is 0. The Kier molecular flexibility index (Phi) is 12000. The molecule has 0 saturated heterocycles. The molecule has 0 aliphatic carbocycles. The van der Waals surface area contributed by atoms with Crippen LogP contribution in [0.1, 0.15) is 0 Å². The molecule has 0 radical (unpaired) electrons. The second-order valence-electron chi connectivity index (χ2n) is 0. The van der Waals surface area contributed by atoms with Crippen molar-refractivity contribution in [3.05, 3.63) is 0 Å². The van der Waals surface area contributed by atoms with Gasteiger partial charge in [-0.05, 0) is 0 Å². The van der Waals surface area contributed by atoms with Gasteiger partial charge in [-0.15, -0.1) is 0 Å². The van der Waals surface area contributed by atoms with Crippen molar-refractivity contribution in [2.45, 2.75) is 0 Å². The van der Waals surface area contributed by atoms with Gasteiger partial charge in [0.2, 0.25) is 0 Å². The molecule has 7 heavy (non-hydrogen) atoms. The molecule has 0 fully saturated rings. The molecule has 0 atom stereocenters. The fraction of sp³-hybridized carbons (Fsp3) is 0. The quantitative estimate of drug-likeness (QED) is 0.398. The summed E-state index contributed by atoms with van der Waals surface area (Å²) < 4.78 is 0. The third-order valence-corrected chi connectivity index (χ3v) is 0. The molecular weight excluding hydrogens is 177 g/mol. The van der Waals surface area contributed by atoms with Crippen LogP contribution in [-0.4, -0.2) is 21.9 Å². The molecule has 0 unspecified atom stereocenters. The summed E-state index contributed by atoms with van der Waals surface area (Å²) in [5.41, 5.74) is 0. The molecule has 0 aromatic carbocycles. The van der Waals surface area contributed by atoms with E-state index in [1.807, 2.05) is 0 Å². The summed E-state index contributed by atoms with van der Waals surface area (Å²) in [5, 5.41) is 0. The summed E-state index contributed by atoms with van der Waals surface area (Å²) in [6.07, 6.45) is 0. The zero-order valence-corrected chi connectivity index (χ0v) is 4.92. The molecule has 0 aromatic heterocycles. The van der Waals surface area contributed by atoms with Gasteiger partial charge in [0.15, 0.2) is 0 Å². The van der Waals surface area contributed by atoms with Crippen molar-refractivity contribution in [2.24, 2.45) is 0 Å². The summed E-state index contributed by atoms with van der Waals surface area (Å²) in [6.45, 7) is 0. The molecule has 0 spiro atoms. The summed E-state index contributed by atoms with van der Waals surface area (Å²) >= 11 is 3.03. The van der Waals surface area contributed by atoms with Crippen LogP contribution >= 0.6 is 10.1 Å². The molecule has 7 heteroatoms. The zero-order chi connectivity index (χ0) is 2.00. The van der Waals surface area contributed by atoms with Gasteiger partial charge in [-0.1, -0.05) is 0 Å². The molecule has 0 amide bonds. The van der Waals surface area contributed by atoms with Gasteiger partial charge in [0, 0.05) is 0 Å². The first-order valence-electron chi connectivity index (χ1n) is 0.126. The van der Waals surface area contributed by atoms with Crippen molar-refractivity contribution >= 4 is 10.1 Å². The molecule has 0 rings (SSSR count). The Hall–Kier alpha value is 0.566. The van der Waals surface area contributed by atoms with E-state index in [0.717, 1.165) is 0 Å². The van der Waals surface area contributed by atoms with Gasteiger partial charge < -0.3 is 21.9 Å². The molecule has 8 N–H and O–H groups in total. The third-order valence-electron chi connectivity index (χ3n) is 0. The van der Waals surface area contributed by atoms with E-state index < -0.39 is 0 Å². The van der Waals surface area contributed by atoms with Crippen LogP contribution < -0.4 is 0 Å². The molecule has 56 valence electrons. The minimum absolute atomic E-state index is 0. The molecule has 0 heterocycles. The van der Waals surface area contributed by atoms with Crippen LogP contribution in [0.15, 0.2) is 0 Å². The van der Waals surface area contributed by atoms with Crippen LogP contribution in [0.2, 0.25) is 0 Å². The van der Waals surface area contributed by atoms with Crippen LogP contribution in [-0.2, 0) is 14.8 Å². The molecular formula is H9ClCoFO4. The van der Waals surface area contributed by atoms with Crippen LogP contribution in [0.25, 0.3) is 0 Å². The average Bonchev–Trinajstić information content (AvgIpc) is 1.00. The molecule has 4 nitrogen and oxygen atoms in total. The molecule has 0 aliphatic rings. The van der Waals surface area contributed by atoms with E-state index in [2.05, 4.69) is 25.0 Å². The van der Waals surface area contributed by atoms with E-state index in [9.17, 15) is 0 Å². The van der Waals surface area contributed by atoms with Crippen LogP contribution in [0.3, 0.4) is 0 Å². The van der Waals surface area contributed by atoms with Crippen molar-refractivity contribution in [3.63, 3.8) is 0 Å². The van der Waals surface area contributed by atoms with Crippen molar-refractivity contribution in [1.29, 1.82) is 0 Å². The molecule has 0 aromatic rings. The van der Waals surface area contributed by atoms with Gasteiger partial charge >= 0.3 is 25.0 Å². The SMILES string of the molecule is F.O.O.O.O.[Cl][Co]. The number of halogens is 2. The van der Waals surface area contributed by atoms with Crippen LogP contribution in [0.4, 0.5) is 4.70 Å². The summed E-state index contributed by atoms with van der Waals surface area (Å²) in [5.74, 6) is 0.